The third kappa shape index (κ3) is 3.10. The van der Waals surface area contributed by atoms with E-state index >= 15 is 0 Å². The number of hydrogen-bond acceptors (Lipinski definition) is 3. The lowest BCUT2D eigenvalue weighted by molar-refractivity contribution is -0.129. The zero-order valence-corrected chi connectivity index (χ0v) is 12.2. The van der Waals surface area contributed by atoms with Gasteiger partial charge in [-0.25, -0.2) is 0 Å². The average Bonchev–Trinajstić information content (AvgIpc) is 2.98. The van der Waals surface area contributed by atoms with Crippen molar-refractivity contribution in [3.8, 4) is 0 Å². The molecule has 21 heavy (non-hydrogen) atoms. The topological polar surface area (TPSA) is 46.1 Å². The van der Waals surface area contributed by atoms with Crippen LogP contribution in [0.5, 0.6) is 0 Å². The summed E-state index contributed by atoms with van der Waals surface area (Å²) in [6.45, 7) is 2.45. The van der Waals surface area contributed by atoms with Crippen molar-refractivity contribution in [2.45, 2.75) is 32.2 Å². The number of likely N-dealkylation sites (tertiary alicyclic amines) is 1. The molecule has 2 aromatic rings. The number of carbonyl (C=O) groups excluding carboxylic acids is 1. The molecule has 1 atom stereocenters. The Morgan fingerprint density at radius 2 is 2.10 bits per heavy atom. The van der Waals surface area contributed by atoms with E-state index in [2.05, 4.69) is 17.1 Å². The number of hydrogen-bond donors (Lipinski definition) is 0. The average molecular weight is 281 g/mol. The lowest BCUT2D eigenvalue weighted by atomic mass is 10.1. The second-order valence-corrected chi connectivity index (χ2v) is 5.47. The molecule has 0 saturated carbocycles. The van der Waals surface area contributed by atoms with Gasteiger partial charge in [0.2, 0.25) is 5.91 Å². The molecular formula is C17H19N3O. The Morgan fingerprint density at radius 1 is 1.29 bits per heavy atom. The van der Waals surface area contributed by atoms with Gasteiger partial charge in [0.25, 0.3) is 0 Å². The largest absolute Gasteiger partial charge is 0.334 e. The van der Waals surface area contributed by atoms with Crippen LogP contribution in [0.15, 0.2) is 42.7 Å². The zero-order valence-electron chi connectivity index (χ0n) is 12.2. The molecule has 0 bridgehead atoms. The molecule has 1 amide bonds. The Balaban J connectivity index is 1.81. The summed E-state index contributed by atoms with van der Waals surface area (Å²) in [5, 5.41) is 0. The normalized spacial score (nSPS) is 18.0. The lowest BCUT2D eigenvalue weighted by Gasteiger charge is -2.22. The predicted molar refractivity (Wildman–Crippen MR) is 80.6 cm³/mol. The molecule has 1 fully saturated rings. The Morgan fingerprint density at radius 3 is 2.86 bits per heavy atom. The van der Waals surface area contributed by atoms with E-state index in [4.69, 9.17) is 4.98 Å². The summed E-state index contributed by atoms with van der Waals surface area (Å²) in [4.78, 5) is 22.6. The molecule has 0 N–H and O–H groups in total. The van der Waals surface area contributed by atoms with Gasteiger partial charge in [0.05, 0.1) is 23.6 Å². The fourth-order valence-corrected chi connectivity index (χ4v) is 2.93. The second-order valence-electron chi connectivity index (χ2n) is 5.47. The maximum absolute atomic E-state index is 11.7. The third-order valence-corrected chi connectivity index (χ3v) is 3.93. The van der Waals surface area contributed by atoms with E-state index in [1.54, 1.807) is 13.1 Å². The SMILES string of the molecule is CC(=O)N1CCCC1c1cncc(Cc2ccccc2)n1. The highest BCUT2D eigenvalue weighted by atomic mass is 16.2. The molecule has 0 aliphatic carbocycles. The molecule has 1 aliphatic rings. The molecule has 0 spiro atoms. The Labute approximate surface area is 124 Å². The highest BCUT2D eigenvalue weighted by Crippen LogP contribution is 2.30. The van der Waals surface area contributed by atoms with Crippen molar-refractivity contribution in [3.63, 3.8) is 0 Å². The van der Waals surface area contributed by atoms with E-state index in [1.165, 1.54) is 5.56 Å². The highest BCUT2D eigenvalue weighted by Gasteiger charge is 2.29. The third-order valence-electron chi connectivity index (χ3n) is 3.93. The summed E-state index contributed by atoms with van der Waals surface area (Å²) in [7, 11) is 0. The Hall–Kier alpha value is -2.23. The molecule has 1 aliphatic heterocycles. The lowest BCUT2D eigenvalue weighted by Crippen LogP contribution is -2.28. The number of nitrogens with zero attached hydrogens (tertiary/aromatic N) is 3. The maximum Gasteiger partial charge on any atom is 0.220 e. The molecular weight excluding hydrogens is 262 g/mol. The van der Waals surface area contributed by atoms with Gasteiger partial charge in [0.1, 0.15) is 0 Å². The minimum absolute atomic E-state index is 0.0886. The molecule has 4 heteroatoms. The molecule has 4 nitrogen and oxygen atoms in total. The molecule has 3 rings (SSSR count). The fraction of sp³-hybridized carbons (Fsp3) is 0.353. The van der Waals surface area contributed by atoms with Crippen LogP contribution in [0, 0.1) is 0 Å². The molecule has 0 radical (unpaired) electrons. The standard InChI is InChI=1S/C17H19N3O/c1-13(21)20-9-5-8-17(20)16-12-18-11-15(19-16)10-14-6-3-2-4-7-14/h2-4,6-7,11-12,17H,5,8-10H2,1H3. The minimum atomic E-state index is 0.0886. The van der Waals surface area contributed by atoms with Gasteiger partial charge in [-0.15, -0.1) is 0 Å². The van der Waals surface area contributed by atoms with Crippen molar-refractivity contribution in [1.29, 1.82) is 0 Å². The second kappa shape index (κ2) is 6.04. The van der Waals surface area contributed by atoms with Gasteiger partial charge in [-0.1, -0.05) is 30.3 Å². The van der Waals surface area contributed by atoms with Crippen LogP contribution < -0.4 is 0 Å². The van der Waals surface area contributed by atoms with Gasteiger partial charge in [0.15, 0.2) is 0 Å². The molecule has 1 saturated heterocycles. The van der Waals surface area contributed by atoms with E-state index in [0.717, 1.165) is 37.2 Å². The number of rotatable bonds is 3. The van der Waals surface area contributed by atoms with E-state index in [9.17, 15) is 4.79 Å². The van der Waals surface area contributed by atoms with Crippen LogP contribution in [0.25, 0.3) is 0 Å². The first-order chi connectivity index (χ1) is 10.2. The van der Waals surface area contributed by atoms with E-state index in [-0.39, 0.29) is 11.9 Å². The first kappa shape index (κ1) is 13.7. The quantitative estimate of drug-likeness (QED) is 0.869. The molecule has 1 aromatic carbocycles. The summed E-state index contributed by atoms with van der Waals surface area (Å²) in [5.74, 6) is 0.118. The number of aromatic nitrogens is 2. The van der Waals surface area contributed by atoms with Crippen LogP contribution in [0.2, 0.25) is 0 Å². The van der Waals surface area contributed by atoms with Crippen LogP contribution in [0.4, 0.5) is 0 Å². The van der Waals surface area contributed by atoms with Crippen molar-refractivity contribution in [2.24, 2.45) is 0 Å². The van der Waals surface area contributed by atoms with Gasteiger partial charge in [-0.05, 0) is 18.4 Å². The maximum atomic E-state index is 11.7. The summed E-state index contributed by atoms with van der Waals surface area (Å²) in [6, 6.07) is 10.3. The number of amides is 1. The van der Waals surface area contributed by atoms with Crippen LogP contribution in [0.3, 0.4) is 0 Å². The fourth-order valence-electron chi connectivity index (χ4n) is 2.93. The first-order valence-electron chi connectivity index (χ1n) is 7.36. The number of carbonyl (C=O) groups is 1. The number of benzene rings is 1. The van der Waals surface area contributed by atoms with Gasteiger partial charge in [-0.2, -0.15) is 0 Å². The van der Waals surface area contributed by atoms with Gasteiger partial charge >= 0.3 is 0 Å². The highest BCUT2D eigenvalue weighted by molar-refractivity contribution is 5.74. The van der Waals surface area contributed by atoms with Gasteiger partial charge in [-0.3, -0.25) is 14.8 Å². The zero-order chi connectivity index (χ0) is 14.7. The molecule has 108 valence electrons. The van der Waals surface area contributed by atoms with Crippen molar-refractivity contribution < 1.29 is 4.79 Å². The van der Waals surface area contributed by atoms with Crippen LogP contribution in [-0.2, 0) is 11.2 Å². The van der Waals surface area contributed by atoms with Crippen molar-refractivity contribution in [2.75, 3.05) is 6.54 Å². The molecule has 1 unspecified atom stereocenters. The van der Waals surface area contributed by atoms with Gasteiger partial charge < -0.3 is 4.90 Å². The van der Waals surface area contributed by atoms with E-state index in [1.807, 2.05) is 29.3 Å². The van der Waals surface area contributed by atoms with E-state index < -0.39 is 0 Å². The molecule has 1 aromatic heterocycles. The smallest absolute Gasteiger partial charge is 0.220 e. The predicted octanol–water partition coefficient (Wildman–Crippen LogP) is 2.75. The summed E-state index contributed by atoms with van der Waals surface area (Å²) in [5.41, 5.74) is 3.09. The summed E-state index contributed by atoms with van der Waals surface area (Å²) >= 11 is 0. The Kier molecular flexibility index (Phi) is 3.95. The van der Waals surface area contributed by atoms with Crippen LogP contribution >= 0.6 is 0 Å². The van der Waals surface area contributed by atoms with Crippen LogP contribution in [0.1, 0.15) is 42.8 Å². The van der Waals surface area contributed by atoms with Crippen molar-refractivity contribution in [1.82, 2.24) is 14.9 Å². The Bertz CT molecular complexity index is 627. The van der Waals surface area contributed by atoms with Crippen molar-refractivity contribution >= 4 is 5.91 Å². The van der Waals surface area contributed by atoms with Crippen molar-refractivity contribution in [3.05, 3.63) is 59.7 Å². The van der Waals surface area contributed by atoms with Gasteiger partial charge in [0, 0.05) is 26.1 Å². The monoisotopic (exact) mass is 281 g/mol. The molecule has 2 heterocycles. The van der Waals surface area contributed by atoms with E-state index in [0.29, 0.717) is 0 Å². The summed E-state index contributed by atoms with van der Waals surface area (Å²) < 4.78 is 0. The minimum Gasteiger partial charge on any atom is -0.334 e. The summed E-state index contributed by atoms with van der Waals surface area (Å²) in [6.07, 6.45) is 6.39. The first-order valence-corrected chi connectivity index (χ1v) is 7.36. The van der Waals surface area contributed by atoms with Crippen LogP contribution in [-0.4, -0.2) is 27.3 Å².